The molecule has 0 unspecified atom stereocenters. The Morgan fingerprint density at radius 2 is 1.38 bits per heavy atom. The van der Waals surface area contributed by atoms with Crippen LogP contribution in [0.2, 0.25) is 26.0 Å². The number of hydrogen-bond acceptors (Lipinski definition) is 2. The molecule has 2 rings (SSSR count). The van der Waals surface area contributed by atoms with E-state index in [2.05, 4.69) is 71.6 Å². The SMILES string of the molecule is CC1(C)OB(CCc2ccc([Si](C)(C)C)cc2)OC1(C)C. The summed E-state index contributed by atoms with van der Waals surface area (Å²) in [4.78, 5) is 0. The summed E-state index contributed by atoms with van der Waals surface area (Å²) < 4.78 is 12.1. The van der Waals surface area contributed by atoms with Gasteiger partial charge in [0.25, 0.3) is 0 Å². The molecule has 2 nitrogen and oxygen atoms in total. The predicted octanol–water partition coefficient (Wildman–Crippen LogP) is 3.87. The Labute approximate surface area is 131 Å². The van der Waals surface area contributed by atoms with Crippen molar-refractivity contribution in [1.82, 2.24) is 0 Å². The van der Waals surface area contributed by atoms with Gasteiger partial charge in [-0.15, -0.1) is 0 Å². The van der Waals surface area contributed by atoms with Gasteiger partial charge in [0, 0.05) is 0 Å². The van der Waals surface area contributed by atoms with Gasteiger partial charge in [-0.2, -0.15) is 0 Å². The molecule has 1 aromatic carbocycles. The van der Waals surface area contributed by atoms with E-state index < -0.39 is 8.07 Å². The van der Waals surface area contributed by atoms with Crippen LogP contribution in [0.3, 0.4) is 0 Å². The molecule has 4 heteroatoms. The van der Waals surface area contributed by atoms with E-state index in [0.717, 1.165) is 12.7 Å². The molecule has 0 aliphatic carbocycles. The van der Waals surface area contributed by atoms with E-state index in [1.807, 2.05) is 0 Å². The lowest BCUT2D eigenvalue weighted by atomic mass is 9.81. The molecule has 0 atom stereocenters. The Morgan fingerprint density at radius 1 is 0.905 bits per heavy atom. The first-order valence-electron chi connectivity index (χ1n) is 7.96. The molecule has 1 aromatic rings. The van der Waals surface area contributed by atoms with Crippen molar-refractivity contribution in [2.24, 2.45) is 0 Å². The zero-order valence-corrected chi connectivity index (χ0v) is 15.6. The van der Waals surface area contributed by atoms with Crippen LogP contribution in [0.5, 0.6) is 0 Å². The Bertz CT molecular complexity index is 473. The number of hydrogen-bond donors (Lipinski definition) is 0. The Kier molecular flexibility index (Phi) is 4.45. The fourth-order valence-electron chi connectivity index (χ4n) is 2.54. The topological polar surface area (TPSA) is 18.5 Å². The molecule has 116 valence electrons. The Balaban J connectivity index is 1.93. The van der Waals surface area contributed by atoms with Gasteiger partial charge in [0.05, 0.1) is 19.3 Å². The monoisotopic (exact) mass is 304 g/mol. The van der Waals surface area contributed by atoms with Gasteiger partial charge in [0.2, 0.25) is 0 Å². The summed E-state index contributed by atoms with van der Waals surface area (Å²) in [5.41, 5.74) is 0.922. The minimum atomic E-state index is -1.19. The predicted molar refractivity (Wildman–Crippen MR) is 94.0 cm³/mol. The van der Waals surface area contributed by atoms with Gasteiger partial charge < -0.3 is 9.31 Å². The zero-order valence-electron chi connectivity index (χ0n) is 14.6. The summed E-state index contributed by atoms with van der Waals surface area (Å²) >= 11 is 0. The maximum absolute atomic E-state index is 6.05. The largest absolute Gasteiger partial charge is 0.458 e. The third-order valence-corrected chi connectivity index (χ3v) is 6.86. The van der Waals surface area contributed by atoms with E-state index in [4.69, 9.17) is 9.31 Å². The first-order chi connectivity index (χ1) is 9.51. The lowest BCUT2D eigenvalue weighted by Crippen LogP contribution is -2.41. The molecule has 0 aromatic heterocycles. The molecule has 0 N–H and O–H groups in total. The van der Waals surface area contributed by atoms with Gasteiger partial charge in [0.15, 0.2) is 0 Å². The summed E-state index contributed by atoms with van der Waals surface area (Å²) in [6.07, 6.45) is 1.92. The standard InChI is InChI=1S/C17H29BO2Si/c1-16(2)17(3,4)20-18(19-16)13-12-14-8-10-15(11-9-14)21(5,6)7/h8-11H,12-13H2,1-7H3. The molecule has 0 bridgehead atoms. The Morgan fingerprint density at radius 3 is 1.81 bits per heavy atom. The van der Waals surface area contributed by atoms with E-state index >= 15 is 0 Å². The molecular weight excluding hydrogens is 275 g/mol. The number of benzene rings is 1. The maximum Gasteiger partial charge on any atom is 0.458 e. The van der Waals surface area contributed by atoms with Crippen LogP contribution in [0.4, 0.5) is 0 Å². The van der Waals surface area contributed by atoms with Crippen molar-refractivity contribution in [3.63, 3.8) is 0 Å². The third kappa shape index (κ3) is 3.79. The summed E-state index contributed by atoms with van der Waals surface area (Å²) in [5.74, 6) is 0. The van der Waals surface area contributed by atoms with Crippen molar-refractivity contribution in [2.75, 3.05) is 0 Å². The van der Waals surface area contributed by atoms with Crippen molar-refractivity contribution in [3.8, 4) is 0 Å². The van der Waals surface area contributed by atoms with Crippen LogP contribution in [-0.2, 0) is 15.7 Å². The molecule has 1 aliphatic rings. The van der Waals surface area contributed by atoms with Crippen LogP contribution in [0, 0.1) is 0 Å². The quantitative estimate of drug-likeness (QED) is 0.786. The van der Waals surface area contributed by atoms with E-state index in [9.17, 15) is 0 Å². The van der Waals surface area contributed by atoms with Crippen LogP contribution in [0.25, 0.3) is 0 Å². The van der Waals surface area contributed by atoms with E-state index in [1.54, 1.807) is 0 Å². The molecule has 0 spiro atoms. The van der Waals surface area contributed by atoms with E-state index in [1.165, 1.54) is 10.8 Å². The molecule has 0 amide bonds. The van der Waals surface area contributed by atoms with Gasteiger partial charge in [-0.1, -0.05) is 49.1 Å². The average Bonchev–Trinajstić information content (AvgIpc) is 2.55. The molecule has 1 saturated heterocycles. The fraction of sp³-hybridized carbons (Fsp3) is 0.647. The fourth-order valence-corrected chi connectivity index (χ4v) is 3.71. The van der Waals surface area contributed by atoms with Crippen molar-refractivity contribution < 1.29 is 9.31 Å². The lowest BCUT2D eigenvalue weighted by molar-refractivity contribution is 0.00578. The minimum absolute atomic E-state index is 0.0910. The van der Waals surface area contributed by atoms with Gasteiger partial charge >= 0.3 is 7.12 Å². The highest BCUT2D eigenvalue weighted by Crippen LogP contribution is 2.37. The molecule has 21 heavy (non-hydrogen) atoms. The second-order valence-electron chi connectivity index (χ2n) is 8.17. The van der Waals surface area contributed by atoms with E-state index in [-0.39, 0.29) is 18.3 Å². The van der Waals surface area contributed by atoms with E-state index in [0.29, 0.717) is 0 Å². The zero-order chi connectivity index (χ0) is 15.9. The smallest absolute Gasteiger partial charge is 0.403 e. The maximum atomic E-state index is 6.05. The Hall–Kier alpha value is -0.578. The van der Waals surface area contributed by atoms with Crippen LogP contribution in [0.15, 0.2) is 24.3 Å². The van der Waals surface area contributed by atoms with Gasteiger partial charge in [-0.3, -0.25) is 0 Å². The normalized spacial score (nSPS) is 20.8. The average molecular weight is 304 g/mol. The third-order valence-electron chi connectivity index (χ3n) is 4.79. The summed E-state index contributed by atoms with van der Waals surface area (Å²) in [7, 11) is -1.28. The van der Waals surface area contributed by atoms with Crippen LogP contribution in [-0.4, -0.2) is 26.4 Å². The number of aryl methyl sites for hydroxylation is 1. The van der Waals surface area contributed by atoms with Crippen molar-refractivity contribution in [2.45, 2.75) is 71.3 Å². The highest BCUT2D eigenvalue weighted by atomic mass is 28.3. The van der Waals surface area contributed by atoms with Gasteiger partial charge in [-0.05, 0) is 46.0 Å². The van der Waals surface area contributed by atoms with Crippen molar-refractivity contribution in [3.05, 3.63) is 29.8 Å². The highest BCUT2D eigenvalue weighted by Gasteiger charge is 2.50. The van der Waals surface area contributed by atoms with Crippen molar-refractivity contribution in [1.29, 1.82) is 0 Å². The van der Waals surface area contributed by atoms with Gasteiger partial charge in [-0.25, -0.2) is 0 Å². The minimum Gasteiger partial charge on any atom is -0.403 e. The second-order valence-corrected chi connectivity index (χ2v) is 13.2. The second kappa shape index (κ2) is 5.56. The molecule has 0 radical (unpaired) electrons. The first-order valence-corrected chi connectivity index (χ1v) is 11.5. The molecule has 1 heterocycles. The summed E-state index contributed by atoms with van der Waals surface area (Å²) in [5, 5.41) is 1.52. The number of rotatable bonds is 4. The van der Waals surface area contributed by atoms with Crippen LogP contribution < -0.4 is 5.19 Å². The molecule has 0 saturated carbocycles. The first kappa shape index (κ1) is 16.8. The molecular formula is C17H29BO2Si. The highest BCUT2D eigenvalue weighted by molar-refractivity contribution is 6.88. The molecule has 1 aliphatic heterocycles. The van der Waals surface area contributed by atoms with Gasteiger partial charge in [0.1, 0.15) is 0 Å². The van der Waals surface area contributed by atoms with Crippen LogP contribution >= 0.6 is 0 Å². The van der Waals surface area contributed by atoms with Crippen LogP contribution in [0.1, 0.15) is 33.3 Å². The van der Waals surface area contributed by atoms with Crippen molar-refractivity contribution >= 4 is 20.4 Å². The molecule has 1 fully saturated rings. The lowest BCUT2D eigenvalue weighted by Gasteiger charge is -2.32. The summed E-state index contributed by atoms with van der Waals surface area (Å²) in [6, 6.07) is 9.12. The summed E-state index contributed by atoms with van der Waals surface area (Å²) in [6.45, 7) is 15.6.